The van der Waals surface area contributed by atoms with Crippen LogP contribution in [0.4, 0.5) is 0 Å². The quantitative estimate of drug-likeness (QED) is 0.0265. The van der Waals surface area contributed by atoms with Gasteiger partial charge in [-0.05, 0) is 394 Å². The van der Waals surface area contributed by atoms with Gasteiger partial charge in [-0.25, -0.2) is 0 Å². The molecule has 0 unspecified atom stereocenters. The first-order chi connectivity index (χ1) is 59.3. The summed E-state index contributed by atoms with van der Waals surface area (Å²) in [5.74, 6) is 0. The average Bonchev–Trinajstić information content (AvgIpc) is 0.718. The fraction of sp³-hybridized carbons (Fsp3) is 0.400. The van der Waals surface area contributed by atoms with Crippen molar-refractivity contribution in [3.05, 3.63) is 239 Å². The molecule has 0 fully saturated rings. The van der Waals surface area contributed by atoms with Crippen molar-refractivity contribution >= 4 is 129 Å². The van der Waals surface area contributed by atoms with Crippen molar-refractivity contribution in [3.63, 3.8) is 0 Å². The normalized spacial score (nSPS) is 12.3. The number of fused-ring (bicyclic) bond motifs is 1. The molecule has 0 aromatic heterocycles. The fourth-order valence-corrected chi connectivity index (χ4v) is 22.2. The molecule has 0 amide bonds. The Hall–Kier alpha value is -9.36. The average molecular weight is 1580 g/mol. The summed E-state index contributed by atoms with van der Waals surface area (Å²) in [6, 6.07) is 82.6. The Bertz CT molecular complexity index is 6010. The van der Waals surface area contributed by atoms with Gasteiger partial charge in [0, 0.05) is 0 Å². The number of hydrogen-bond donors (Lipinski definition) is 0. The third-order valence-electron chi connectivity index (χ3n) is 28.7. The van der Waals surface area contributed by atoms with Gasteiger partial charge < -0.3 is 0 Å². The standard InChI is InChI=1S/C120H136/c1-9-17-25-33-45-83-73-113-101-57-41-53-93-87-63-67-97-107(71-87)85(47-35-27-19-11-3)75-115-103-59-43-55-99(119(103)91(79-111(97)115)51-39-31-23-15-7)100-56-44-60-104-116-76-86(48-36-28-20-12-4)108-72-88(64-68-98(108)112(116)80-92(120(100)104)52-40-32-24-16-8)94-54-42-58-102-114-74-84(46-34-26-18-10-2)106-70-82(62-66-96(106)110(114)78-90(118(94)102)50-38-30-22-14-6)81-61-65-95(105(83)69-81)109(113)77-89(117(93)101)49-37-29-21-13-5/h41-44,53-80H,9-40,45-52H2,1-8H3. The zero-order chi connectivity index (χ0) is 82.0. The number of aryl methyl sites for hydroxylation is 8. The molecule has 0 heteroatoms. The molecule has 120 heavy (non-hydrogen) atoms. The summed E-state index contributed by atoms with van der Waals surface area (Å²) >= 11 is 0. The second-order valence-corrected chi connectivity index (χ2v) is 37.1. The molecular formula is C120H136. The third kappa shape index (κ3) is 16.7. The van der Waals surface area contributed by atoms with Crippen molar-refractivity contribution in [2.45, 2.75) is 312 Å². The van der Waals surface area contributed by atoms with E-state index in [1.54, 1.807) is 0 Å². The molecule has 0 saturated heterocycles. The van der Waals surface area contributed by atoms with E-state index in [4.69, 9.17) is 0 Å². The lowest BCUT2D eigenvalue weighted by atomic mass is 9.82. The molecule has 16 aromatic carbocycles. The molecule has 16 aromatic rings. The predicted molar refractivity (Wildman–Crippen MR) is 535 cm³/mol. The first-order valence-corrected chi connectivity index (χ1v) is 49.0. The molecule has 616 valence electrons. The van der Waals surface area contributed by atoms with Gasteiger partial charge in [-0.15, -0.1) is 0 Å². The van der Waals surface area contributed by atoms with Crippen LogP contribution in [0.25, 0.3) is 174 Å². The summed E-state index contributed by atoms with van der Waals surface area (Å²) in [4.78, 5) is 0. The Morgan fingerprint density at radius 3 is 0.567 bits per heavy atom. The topological polar surface area (TPSA) is 0 Å². The van der Waals surface area contributed by atoms with Gasteiger partial charge in [0.15, 0.2) is 0 Å². The first kappa shape index (κ1) is 82.9. The van der Waals surface area contributed by atoms with Gasteiger partial charge in [0.2, 0.25) is 0 Å². The molecule has 32 bridgehead atoms. The Morgan fingerprint density at radius 2 is 0.325 bits per heavy atom. The number of unbranched alkanes of at least 4 members (excludes halogenated alkanes) is 24. The number of rotatable bonds is 40. The Kier molecular flexibility index (Phi) is 26.8. The zero-order valence-electron chi connectivity index (χ0n) is 74.8. The molecule has 0 saturated carbocycles. The second-order valence-electron chi connectivity index (χ2n) is 37.1. The van der Waals surface area contributed by atoms with E-state index in [9.17, 15) is 0 Å². The van der Waals surface area contributed by atoms with Crippen molar-refractivity contribution in [3.8, 4) is 44.5 Å². The van der Waals surface area contributed by atoms with Gasteiger partial charge in [0.25, 0.3) is 0 Å². The largest absolute Gasteiger partial charge is 0.0654 e. The molecule has 0 aliphatic heterocycles. The molecule has 0 spiro atoms. The molecule has 0 nitrogen and oxygen atoms in total. The molecule has 0 radical (unpaired) electrons. The van der Waals surface area contributed by atoms with E-state index in [0.29, 0.717) is 0 Å². The molecule has 9 aliphatic carbocycles. The minimum absolute atomic E-state index is 1.06. The van der Waals surface area contributed by atoms with Crippen molar-refractivity contribution < 1.29 is 0 Å². The highest BCUT2D eigenvalue weighted by atomic mass is 14.3. The Labute approximate surface area is 719 Å². The number of benzene rings is 16. The van der Waals surface area contributed by atoms with E-state index in [1.165, 1.54) is 424 Å². The highest BCUT2D eigenvalue weighted by Gasteiger charge is 2.26. The molecule has 0 N–H and O–H groups in total. The van der Waals surface area contributed by atoms with E-state index < -0.39 is 0 Å². The smallest absolute Gasteiger partial charge is 0.00666 e. The van der Waals surface area contributed by atoms with E-state index in [-0.39, 0.29) is 0 Å². The van der Waals surface area contributed by atoms with Crippen LogP contribution in [-0.2, 0) is 51.4 Å². The minimum atomic E-state index is 1.06. The van der Waals surface area contributed by atoms with Crippen LogP contribution in [0.5, 0.6) is 0 Å². The van der Waals surface area contributed by atoms with Crippen LogP contribution in [0, 0.1) is 0 Å². The van der Waals surface area contributed by atoms with Gasteiger partial charge in [-0.2, -0.15) is 0 Å². The van der Waals surface area contributed by atoms with Gasteiger partial charge in [0.05, 0.1) is 0 Å². The summed E-state index contributed by atoms with van der Waals surface area (Å²) < 4.78 is 0. The highest BCUT2D eigenvalue weighted by Crippen LogP contribution is 2.50. The number of hydrogen-bond acceptors (Lipinski definition) is 0. The van der Waals surface area contributed by atoms with Gasteiger partial charge in [0.1, 0.15) is 0 Å². The Morgan fingerprint density at radius 1 is 0.133 bits per heavy atom. The molecular weight excluding hydrogens is 1440 g/mol. The summed E-state index contributed by atoms with van der Waals surface area (Å²) in [6.07, 6.45) is 48.0. The van der Waals surface area contributed by atoms with E-state index in [0.717, 1.165) is 51.4 Å². The van der Waals surface area contributed by atoms with E-state index in [2.05, 4.69) is 250 Å². The monoisotopic (exact) mass is 1580 g/mol. The van der Waals surface area contributed by atoms with Crippen molar-refractivity contribution in [2.24, 2.45) is 0 Å². The van der Waals surface area contributed by atoms with Crippen LogP contribution in [0.3, 0.4) is 0 Å². The summed E-state index contributed by atoms with van der Waals surface area (Å²) in [5.41, 5.74) is 23.0. The zero-order valence-corrected chi connectivity index (χ0v) is 74.8. The van der Waals surface area contributed by atoms with Crippen LogP contribution in [0.1, 0.15) is 305 Å². The minimum Gasteiger partial charge on any atom is -0.0654 e. The van der Waals surface area contributed by atoms with Crippen LogP contribution in [0.15, 0.2) is 194 Å². The van der Waals surface area contributed by atoms with Gasteiger partial charge in [-0.3, -0.25) is 0 Å². The maximum atomic E-state index is 2.72. The van der Waals surface area contributed by atoms with Crippen molar-refractivity contribution in [2.75, 3.05) is 0 Å². The fourth-order valence-electron chi connectivity index (χ4n) is 22.2. The maximum absolute atomic E-state index is 2.72. The summed E-state index contributed by atoms with van der Waals surface area (Å²) in [5, 5.41) is 34.2. The summed E-state index contributed by atoms with van der Waals surface area (Å²) in [7, 11) is 0. The maximum Gasteiger partial charge on any atom is -0.00666 e. The first-order valence-electron chi connectivity index (χ1n) is 49.0. The van der Waals surface area contributed by atoms with E-state index in [1.807, 2.05) is 0 Å². The lowest BCUT2D eigenvalue weighted by molar-refractivity contribution is 0.668. The third-order valence-corrected chi connectivity index (χ3v) is 28.7. The van der Waals surface area contributed by atoms with Crippen LogP contribution in [0.2, 0.25) is 0 Å². The van der Waals surface area contributed by atoms with Gasteiger partial charge >= 0.3 is 0 Å². The SMILES string of the molecule is CCCCCCc1cc2c3cccc4c3c(CCCCCC)cc2c2ccc(cc12)-c1ccc2c(c1)c(CCCCCC)cc1c3cccc(c3c(CCCCCC)cc21)-c1ccc2c(c1)c(CCCCCC)cc1c3cccc(c3c(CCCCCC)cc21)-c1cccc2c1c(CCCCCC)cc1c3ccc-4cc3c(CCCCCC)cc21. The molecule has 25 rings (SSSR count). The highest BCUT2D eigenvalue weighted by molar-refractivity contribution is 6.28. The second kappa shape index (κ2) is 38.8. The Balaban J connectivity index is 0.989. The van der Waals surface area contributed by atoms with Crippen LogP contribution in [-0.4, -0.2) is 0 Å². The molecule has 9 aliphatic rings. The predicted octanol–water partition coefficient (Wildman–Crippen LogP) is 37.5. The van der Waals surface area contributed by atoms with Crippen LogP contribution < -0.4 is 0 Å². The summed E-state index contributed by atoms with van der Waals surface area (Å²) in [6.45, 7) is 18.9. The van der Waals surface area contributed by atoms with Crippen molar-refractivity contribution in [1.29, 1.82) is 0 Å². The van der Waals surface area contributed by atoms with E-state index >= 15 is 0 Å². The lowest BCUT2D eigenvalue weighted by Crippen LogP contribution is -1.98. The molecule has 0 heterocycles. The van der Waals surface area contributed by atoms with Gasteiger partial charge in [-0.1, -0.05) is 331 Å². The lowest BCUT2D eigenvalue weighted by Gasteiger charge is -2.22. The van der Waals surface area contributed by atoms with Crippen LogP contribution >= 0.6 is 0 Å². The molecule has 0 atom stereocenters. The van der Waals surface area contributed by atoms with Crippen molar-refractivity contribution in [1.82, 2.24) is 0 Å².